The molecule has 0 radical (unpaired) electrons. The molecule has 2 aromatic rings. The van der Waals surface area contributed by atoms with Crippen molar-refractivity contribution in [1.29, 1.82) is 0 Å². The van der Waals surface area contributed by atoms with Crippen LogP contribution in [0.1, 0.15) is 41.5 Å². The average Bonchev–Trinajstić information content (AvgIpc) is 3.00. The van der Waals surface area contributed by atoms with Crippen LogP contribution < -0.4 is 5.73 Å². The van der Waals surface area contributed by atoms with Gasteiger partial charge in [0.15, 0.2) is 0 Å². The largest absolute Gasteiger partial charge is 0.394 e. The number of hydrogen-bond donors (Lipinski definition) is 2. The lowest BCUT2D eigenvalue weighted by Crippen LogP contribution is -2.40. The first-order valence-corrected chi connectivity index (χ1v) is 9.87. The first kappa shape index (κ1) is 20.3. The molecule has 2 nitrogen and oxygen atoms in total. The molecule has 0 aliphatic rings. The number of nitrogens with two attached hydrogens (primary N) is 1. The Kier molecular flexibility index (Phi) is 7.81. The minimum atomic E-state index is -0.515. The van der Waals surface area contributed by atoms with E-state index in [4.69, 9.17) is 28.9 Å². The molecule has 0 amide bonds. The highest BCUT2D eigenvalue weighted by atomic mass is 35.5. The highest BCUT2D eigenvalue weighted by Crippen LogP contribution is 2.21. The second-order valence-corrected chi connectivity index (χ2v) is 8.55. The third-order valence-electron chi connectivity index (χ3n) is 3.87. The van der Waals surface area contributed by atoms with Crippen LogP contribution in [-0.2, 0) is 12.8 Å². The van der Waals surface area contributed by atoms with E-state index in [2.05, 4.69) is 24.0 Å². The van der Waals surface area contributed by atoms with E-state index in [1.54, 1.807) is 17.4 Å². The van der Waals surface area contributed by atoms with E-state index in [9.17, 15) is 5.11 Å². The van der Waals surface area contributed by atoms with Crippen molar-refractivity contribution in [3.05, 3.63) is 55.7 Å². The summed E-state index contributed by atoms with van der Waals surface area (Å²) in [6.45, 7) is 1.87. The van der Waals surface area contributed by atoms with Crippen molar-refractivity contribution in [3.8, 4) is 11.8 Å². The van der Waals surface area contributed by atoms with E-state index in [1.807, 2.05) is 19.1 Å². The summed E-state index contributed by atoms with van der Waals surface area (Å²) in [7, 11) is 0. The Hall–Kier alpha value is -1.02. The molecule has 1 unspecified atom stereocenters. The molecule has 0 aliphatic carbocycles. The quantitative estimate of drug-likeness (QED) is 0.507. The number of hydrogen-bond acceptors (Lipinski definition) is 3. The molecule has 2 rings (SSSR count). The van der Waals surface area contributed by atoms with Gasteiger partial charge in [-0.25, -0.2) is 0 Å². The van der Waals surface area contributed by atoms with E-state index < -0.39 is 5.54 Å². The van der Waals surface area contributed by atoms with Gasteiger partial charge in [0.1, 0.15) is 0 Å². The molecule has 3 N–H and O–H groups in total. The molecule has 0 spiro atoms. The van der Waals surface area contributed by atoms with Gasteiger partial charge in [-0.2, -0.15) is 0 Å². The highest BCUT2D eigenvalue weighted by molar-refractivity contribution is 7.12. The number of aryl methyl sites for hydroxylation is 2. The molecule has 1 aromatic carbocycles. The maximum absolute atomic E-state index is 9.20. The first-order valence-electron chi connectivity index (χ1n) is 8.30. The maximum atomic E-state index is 9.20. The van der Waals surface area contributed by atoms with Gasteiger partial charge in [0, 0.05) is 26.9 Å². The van der Waals surface area contributed by atoms with Crippen molar-refractivity contribution in [2.75, 3.05) is 6.61 Å². The molecule has 1 heterocycles. The van der Waals surface area contributed by atoms with Crippen LogP contribution in [0.4, 0.5) is 0 Å². The van der Waals surface area contributed by atoms with Gasteiger partial charge in [0.05, 0.1) is 11.5 Å². The van der Waals surface area contributed by atoms with Gasteiger partial charge in [-0.15, -0.1) is 11.3 Å². The van der Waals surface area contributed by atoms with Crippen LogP contribution in [0.2, 0.25) is 10.0 Å². The molecule has 134 valence electrons. The van der Waals surface area contributed by atoms with Crippen LogP contribution in [-0.4, -0.2) is 17.3 Å². The van der Waals surface area contributed by atoms with Crippen molar-refractivity contribution in [2.24, 2.45) is 5.73 Å². The normalized spacial score (nSPS) is 13.2. The molecule has 0 saturated carbocycles. The van der Waals surface area contributed by atoms with E-state index in [0.717, 1.165) is 42.5 Å². The summed E-state index contributed by atoms with van der Waals surface area (Å²) in [4.78, 5) is 2.33. The summed E-state index contributed by atoms with van der Waals surface area (Å²) >= 11 is 13.7. The van der Waals surface area contributed by atoms with Gasteiger partial charge in [0.2, 0.25) is 0 Å². The fraction of sp³-hybridized carbons (Fsp3) is 0.400. The van der Waals surface area contributed by atoms with Gasteiger partial charge >= 0.3 is 0 Å². The van der Waals surface area contributed by atoms with Crippen molar-refractivity contribution in [1.82, 2.24) is 0 Å². The number of thiophene rings is 1. The Labute approximate surface area is 164 Å². The standard InChI is InChI=1S/C20H23Cl2NOS/c1-20(23,14-24)10-9-19-8-7-18(25-19)6-4-2-3-5-15-11-16(21)13-17(22)12-15/h7-8,11-13,24H,2-3,5,9-10,14,23H2,1H3. The summed E-state index contributed by atoms with van der Waals surface area (Å²) < 4.78 is 0. The summed E-state index contributed by atoms with van der Waals surface area (Å²) in [5.74, 6) is 6.45. The molecule has 0 saturated heterocycles. The second kappa shape index (κ2) is 9.62. The number of rotatable bonds is 7. The molecule has 25 heavy (non-hydrogen) atoms. The highest BCUT2D eigenvalue weighted by Gasteiger charge is 2.16. The third kappa shape index (κ3) is 7.40. The van der Waals surface area contributed by atoms with Crippen molar-refractivity contribution >= 4 is 34.5 Å². The van der Waals surface area contributed by atoms with Gasteiger partial charge in [-0.1, -0.05) is 35.0 Å². The van der Waals surface area contributed by atoms with Crippen LogP contribution in [0, 0.1) is 11.8 Å². The predicted octanol–water partition coefficient (Wildman–Crippen LogP) is 5.07. The molecule has 1 atom stereocenters. The SMILES string of the molecule is CC(N)(CO)CCc1ccc(C#CCCCc2cc(Cl)cc(Cl)c2)s1. The average molecular weight is 396 g/mol. The summed E-state index contributed by atoms with van der Waals surface area (Å²) in [5, 5.41) is 10.5. The van der Waals surface area contributed by atoms with Gasteiger partial charge in [-0.3, -0.25) is 0 Å². The number of halogens is 2. The van der Waals surface area contributed by atoms with Crippen LogP contribution >= 0.6 is 34.5 Å². The van der Waals surface area contributed by atoms with Crippen molar-refractivity contribution < 1.29 is 5.11 Å². The van der Waals surface area contributed by atoms with Crippen molar-refractivity contribution in [2.45, 2.75) is 44.6 Å². The lowest BCUT2D eigenvalue weighted by Gasteiger charge is -2.20. The topological polar surface area (TPSA) is 46.2 Å². The summed E-state index contributed by atoms with van der Waals surface area (Å²) in [5.41, 5.74) is 6.59. The lowest BCUT2D eigenvalue weighted by atomic mass is 9.98. The molecule has 0 fully saturated rings. The maximum Gasteiger partial charge on any atom is 0.0771 e. The molecular weight excluding hydrogens is 373 g/mol. The zero-order valence-electron chi connectivity index (χ0n) is 14.3. The van der Waals surface area contributed by atoms with Gasteiger partial charge in [-0.05, 0) is 68.5 Å². The molecule has 1 aromatic heterocycles. The monoisotopic (exact) mass is 395 g/mol. The van der Waals surface area contributed by atoms with Crippen LogP contribution in [0.3, 0.4) is 0 Å². The lowest BCUT2D eigenvalue weighted by molar-refractivity contribution is 0.201. The Bertz CT molecular complexity index is 738. The zero-order chi connectivity index (χ0) is 18.3. The Morgan fingerprint density at radius 3 is 2.56 bits per heavy atom. The second-order valence-electron chi connectivity index (χ2n) is 6.51. The number of benzene rings is 1. The van der Waals surface area contributed by atoms with Crippen LogP contribution in [0.25, 0.3) is 0 Å². The minimum Gasteiger partial charge on any atom is -0.394 e. The first-order chi connectivity index (χ1) is 11.9. The Balaban J connectivity index is 1.78. The Morgan fingerprint density at radius 1 is 1.16 bits per heavy atom. The minimum absolute atomic E-state index is 0.00285. The fourth-order valence-electron chi connectivity index (χ4n) is 2.35. The summed E-state index contributed by atoms with van der Waals surface area (Å²) in [6.07, 6.45) is 4.36. The zero-order valence-corrected chi connectivity index (χ0v) is 16.6. The van der Waals surface area contributed by atoms with Crippen LogP contribution in [0.15, 0.2) is 30.3 Å². The molecule has 0 aliphatic heterocycles. The van der Waals surface area contributed by atoms with E-state index >= 15 is 0 Å². The number of unbranched alkanes of at least 4 members (excludes halogenated alkanes) is 1. The van der Waals surface area contributed by atoms with E-state index in [0.29, 0.717) is 10.0 Å². The molecule has 0 bridgehead atoms. The molecular formula is C20H23Cl2NOS. The van der Waals surface area contributed by atoms with E-state index in [1.165, 1.54) is 4.88 Å². The van der Waals surface area contributed by atoms with Gasteiger partial charge in [0.25, 0.3) is 0 Å². The number of aliphatic hydroxyl groups is 1. The fourth-order valence-corrected chi connectivity index (χ4v) is 3.81. The Morgan fingerprint density at radius 2 is 1.88 bits per heavy atom. The smallest absolute Gasteiger partial charge is 0.0771 e. The van der Waals surface area contributed by atoms with E-state index in [-0.39, 0.29) is 6.61 Å². The number of aliphatic hydroxyl groups excluding tert-OH is 1. The summed E-state index contributed by atoms with van der Waals surface area (Å²) in [6, 6.07) is 9.79. The molecule has 5 heteroatoms. The predicted molar refractivity (Wildman–Crippen MR) is 109 cm³/mol. The van der Waals surface area contributed by atoms with Crippen molar-refractivity contribution in [3.63, 3.8) is 0 Å². The third-order valence-corrected chi connectivity index (χ3v) is 5.36. The van der Waals surface area contributed by atoms with Crippen LogP contribution in [0.5, 0.6) is 0 Å². The van der Waals surface area contributed by atoms with Gasteiger partial charge < -0.3 is 10.8 Å².